The Hall–Kier alpha value is -3.16. The van der Waals surface area contributed by atoms with Crippen molar-refractivity contribution in [2.45, 2.75) is 38.5 Å². The van der Waals surface area contributed by atoms with Crippen LogP contribution in [0.5, 0.6) is 5.75 Å². The number of benzene rings is 1. The maximum absolute atomic E-state index is 15.7. The number of thiazole rings is 1. The van der Waals surface area contributed by atoms with E-state index in [1.165, 1.54) is 23.5 Å². The number of hydrogen-bond donors (Lipinski definition) is 1. The molecule has 1 aromatic carbocycles. The van der Waals surface area contributed by atoms with Crippen molar-refractivity contribution in [3.8, 4) is 16.3 Å². The van der Waals surface area contributed by atoms with E-state index in [1.54, 1.807) is 13.1 Å². The molecule has 8 nitrogen and oxygen atoms in total. The molecular formula is C25H27F4N5O3S. The number of alkyl halides is 3. The van der Waals surface area contributed by atoms with Gasteiger partial charge in [-0.1, -0.05) is 6.92 Å². The fraction of sp³-hybridized carbons (Fsp3) is 0.440. The number of ether oxygens (including phenoxy) is 2. The van der Waals surface area contributed by atoms with Crippen LogP contribution in [0.25, 0.3) is 10.6 Å². The predicted molar refractivity (Wildman–Crippen MR) is 133 cm³/mol. The SMILES string of the molecule is CC[C@@H](NC(=O)c1cc(OC[C@@H]2COCCN2C)cc(-c2ncc(C)s2)c1F)c1cnc(C(F)(F)F)nc1. The third-order valence-corrected chi connectivity index (χ3v) is 7.09. The third-order valence-electron chi connectivity index (χ3n) is 6.15. The van der Waals surface area contributed by atoms with Gasteiger partial charge in [0.05, 0.1) is 36.4 Å². The number of halogens is 4. The van der Waals surface area contributed by atoms with Crippen LogP contribution in [-0.4, -0.2) is 65.2 Å². The summed E-state index contributed by atoms with van der Waals surface area (Å²) in [5.74, 6) is -2.53. The van der Waals surface area contributed by atoms with Gasteiger partial charge in [-0.15, -0.1) is 11.3 Å². The number of likely N-dealkylation sites (N-methyl/N-ethyl adjacent to an activating group) is 1. The largest absolute Gasteiger partial charge is 0.492 e. The first-order chi connectivity index (χ1) is 18.1. The number of aryl methyl sites for hydroxylation is 1. The Balaban J connectivity index is 1.61. The van der Waals surface area contributed by atoms with Gasteiger partial charge in [0.2, 0.25) is 5.82 Å². The lowest BCUT2D eigenvalue weighted by atomic mass is 10.0. The van der Waals surface area contributed by atoms with Gasteiger partial charge in [0.1, 0.15) is 23.2 Å². The number of carbonyl (C=O) groups excluding carboxylic acids is 1. The fourth-order valence-corrected chi connectivity index (χ4v) is 4.68. The van der Waals surface area contributed by atoms with Gasteiger partial charge >= 0.3 is 6.18 Å². The summed E-state index contributed by atoms with van der Waals surface area (Å²) in [7, 11) is 1.96. The Labute approximate surface area is 221 Å². The van der Waals surface area contributed by atoms with Gasteiger partial charge in [0.25, 0.3) is 5.91 Å². The van der Waals surface area contributed by atoms with Crippen molar-refractivity contribution in [3.63, 3.8) is 0 Å². The molecule has 3 heterocycles. The monoisotopic (exact) mass is 553 g/mol. The second-order valence-corrected chi connectivity index (χ2v) is 10.1. The second-order valence-electron chi connectivity index (χ2n) is 8.90. The molecular weight excluding hydrogens is 526 g/mol. The zero-order valence-corrected chi connectivity index (χ0v) is 21.8. The van der Waals surface area contributed by atoms with Gasteiger partial charge in [-0.3, -0.25) is 9.69 Å². The van der Waals surface area contributed by atoms with Crippen LogP contribution in [-0.2, 0) is 10.9 Å². The molecule has 0 unspecified atom stereocenters. The molecule has 1 fully saturated rings. The summed E-state index contributed by atoms with van der Waals surface area (Å²) in [5.41, 5.74) is 0.104. The molecule has 1 N–H and O–H groups in total. The molecule has 0 radical (unpaired) electrons. The Bertz CT molecular complexity index is 1270. The molecule has 0 saturated carbocycles. The van der Waals surface area contributed by atoms with Crippen LogP contribution in [0.3, 0.4) is 0 Å². The maximum atomic E-state index is 15.7. The summed E-state index contributed by atoms with van der Waals surface area (Å²) in [6.45, 7) is 5.69. The van der Waals surface area contributed by atoms with Crippen molar-refractivity contribution in [2.75, 3.05) is 33.4 Å². The molecule has 0 aliphatic carbocycles. The van der Waals surface area contributed by atoms with E-state index in [0.29, 0.717) is 24.6 Å². The van der Waals surface area contributed by atoms with E-state index < -0.39 is 29.8 Å². The molecule has 13 heteroatoms. The zero-order chi connectivity index (χ0) is 27.4. The maximum Gasteiger partial charge on any atom is 0.451 e. The number of hydrogen-bond acceptors (Lipinski definition) is 8. The number of carbonyl (C=O) groups is 1. The zero-order valence-electron chi connectivity index (χ0n) is 21.0. The summed E-state index contributed by atoms with van der Waals surface area (Å²) < 4.78 is 65.7. The molecule has 4 rings (SSSR count). The fourth-order valence-electron chi connectivity index (χ4n) is 3.91. The Morgan fingerprint density at radius 2 is 2.00 bits per heavy atom. The highest BCUT2D eigenvalue weighted by Gasteiger charge is 2.34. The quantitative estimate of drug-likeness (QED) is 0.406. The van der Waals surface area contributed by atoms with Crippen molar-refractivity contribution in [2.24, 2.45) is 0 Å². The van der Waals surface area contributed by atoms with Gasteiger partial charge in [0, 0.05) is 35.6 Å². The lowest BCUT2D eigenvalue weighted by molar-refractivity contribution is -0.145. The van der Waals surface area contributed by atoms with E-state index in [1.807, 2.05) is 14.0 Å². The topological polar surface area (TPSA) is 89.5 Å². The molecule has 3 aromatic rings. The standard InChI is InChI=1S/C25H27F4N5O3S/c1-4-20(15-10-31-24(32-11-15)25(27,28)29)33-22(35)18-7-17(37-13-16-12-36-6-5-34(16)3)8-19(21(18)26)23-30-9-14(2)38-23/h7-11,16,20H,4-6,12-13H2,1-3H3,(H,33,35)/t16-,20+/m0/s1. The van der Waals surface area contributed by atoms with Crippen LogP contribution in [0.15, 0.2) is 30.7 Å². The van der Waals surface area contributed by atoms with Gasteiger partial charge in [-0.05, 0) is 32.5 Å². The molecule has 0 spiro atoms. The smallest absolute Gasteiger partial charge is 0.451 e. The molecule has 1 saturated heterocycles. The normalized spacial score (nSPS) is 17.3. The number of rotatable bonds is 8. The van der Waals surface area contributed by atoms with Crippen molar-refractivity contribution < 1.29 is 31.8 Å². The summed E-state index contributed by atoms with van der Waals surface area (Å²) >= 11 is 1.27. The van der Waals surface area contributed by atoms with Crippen LogP contribution < -0.4 is 10.1 Å². The Morgan fingerprint density at radius 1 is 1.26 bits per heavy atom. The van der Waals surface area contributed by atoms with Crippen LogP contribution in [0.1, 0.15) is 46.0 Å². The average molecular weight is 554 g/mol. The molecule has 1 amide bonds. The van der Waals surface area contributed by atoms with Crippen LogP contribution in [0.4, 0.5) is 17.6 Å². The lowest BCUT2D eigenvalue weighted by Crippen LogP contribution is -2.46. The van der Waals surface area contributed by atoms with Gasteiger partial charge in [-0.25, -0.2) is 19.3 Å². The summed E-state index contributed by atoms with van der Waals surface area (Å²) in [5, 5.41) is 3.07. The first-order valence-electron chi connectivity index (χ1n) is 11.9. The Morgan fingerprint density at radius 3 is 2.61 bits per heavy atom. The van der Waals surface area contributed by atoms with E-state index in [-0.39, 0.29) is 35.1 Å². The summed E-state index contributed by atoms with van der Waals surface area (Å²) in [6.07, 6.45) is -0.751. The third kappa shape index (κ3) is 6.45. The lowest BCUT2D eigenvalue weighted by Gasteiger charge is -2.32. The van der Waals surface area contributed by atoms with E-state index in [0.717, 1.165) is 23.8 Å². The highest BCUT2D eigenvalue weighted by atomic mass is 32.1. The van der Waals surface area contributed by atoms with Gasteiger partial charge < -0.3 is 14.8 Å². The van der Waals surface area contributed by atoms with Gasteiger partial charge in [0.15, 0.2) is 0 Å². The molecule has 2 atom stereocenters. The predicted octanol–water partition coefficient (Wildman–Crippen LogP) is 4.66. The van der Waals surface area contributed by atoms with E-state index in [9.17, 15) is 18.0 Å². The Kier molecular flexibility index (Phi) is 8.58. The summed E-state index contributed by atoms with van der Waals surface area (Å²) in [6, 6.07) is 2.07. The van der Waals surface area contributed by atoms with Crippen molar-refractivity contribution in [3.05, 3.63) is 58.4 Å². The number of amides is 1. The second kappa shape index (κ2) is 11.7. The minimum atomic E-state index is -4.68. The minimum absolute atomic E-state index is 0.0132. The number of aromatic nitrogens is 3. The summed E-state index contributed by atoms with van der Waals surface area (Å²) in [4.78, 5) is 27.2. The van der Waals surface area contributed by atoms with Crippen molar-refractivity contribution in [1.29, 1.82) is 0 Å². The van der Waals surface area contributed by atoms with E-state index in [4.69, 9.17) is 9.47 Å². The van der Waals surface area contributed by atoms with Crippen LogP contribution in [0.2, 0.25) is 0 Å². The van der Waals surface area contributed by atoms with E-state index in [2.05, 4.69) is 25.2 Å². The number of nitrogens with one attached hydrogen (secondary N) is 1. The minimum Gasteiger partial charge on any atom is -0.492 e. The van der Waals surface area contributed by atoms with Crippen molar-refractivity contribution in [1.82, 2.24) is 25.2 Å². The van der Waals surface area contributed by atoms with Crippen LogP contribution in [0, 0.1) is 12.7 Å². The number of morpholine rings is 1. The molecule has 0 bridgehead atoms. The van der Waals surface area contributed by atoms with Gasteiger partial charge in [-0.2, -0.15) is 13.2 Å². The average Bonchev–Trinajstić information content (AvgIpc) is 3.32. The highest BCUT2D eigenvalue weighted by molar-refractivity contribution is 7.14. The molecule has 1 aliphatic rings. The number of nitrogens with zero attached hydrogens (tertiary/aromatic N) is 4. The first-order valence-corrected chi connectivity index (χ1v) is 12.8. The first kappa shape index (κ1) is 27.9. The highest BCUT2D eigenvalue weighted by Crippen LogP contribution is 2.33. The molecule has 2 aromatic heterocycles. The van der Waals surface area contributed by atoms with E-state index >= 15 is 4.39 Å². The molecule has 1 aliphatic heterocycles. The van der Waals surface area contributed by atoms with Crippen LogP contribution >= 0.6 is 11.3 Å². The molecule has 204 valence electrons. The molecule has 38 heavy (non-hydrogen) atoms. The van der Waals surface area contributed by atoms with Crippen molar-refractivity contribution >= 4 is 17.2 Å².